The standard InChI is InChI=1S/C17H28N2OS/c1-6-7-14-17(20)19(12(4)10-11(2)3)16(18-14)15-9-8-13(5)21-15/h8-9,11-12,14,16,18H,6-7,10H2,1-5H3. The summed E-state index contributed by atoms with van der Waals surface area (Å²) in [5.41, 5.74) is 0. The molecular formula is C17H28N2OS. The first-order valence-electron chi connectivity index (χ1n) is 8.08. The summed E-state index contributed by atoms with van der Waals surface area (Å²) in [6.07, 6.45) is 3.06. The van der Waals surface area contributed by atoms with E-state index in [4.69, 9.17) is 0 Å². The van der Waals surface area contributed by atoms with Gasteiger partial charge in [-0.15, -0.1) is 11.3 Å². The fourth-order valence-corrected chi connectivity index (χ4v) is 4.17. The molecule has 1 aliphatic heterocycles. The lowest BCUT2D eigenvalue weighted by molar-refractivity contribution is -0.132. The van der Waals surface area contributed by atoms with Crippen LogP contribution in [-0.4, -0.2) is 22.9 Å². The first kappa shape index (κ1) is 16.5. The maximum absolute atomic E-state index is 12.8. The Morgan fingerprint density at radius 1 is 1.33 bits per heavy atom. The number of nitrogens with one attached hydrogen (secondary N) is 1. The van der Waals surface area contributed by atoms with Gasteiger partial charge >= 0.3 is 0 Å². The van der Waals surface area contributed by atoms with Crippen molar-refractivity contribution < 1.29 is 4.79 Å². The second-order valence-corrected chi connectivity index (χ2v) is 7.90. The highest BCUT2D eigenvalue weighted by atomic mass is 32.1. The molecule has 1 fully saturated rings. The minimum atomic E-state index is -0.0166. The number of carbonyl (C=O) groups excluding carboxylic acids is 1. The van der Waals surface area contributed by atoms with Crippen molar-refractivity contribution in [2.24, 2.45) is 5.92 Å². The Hall–Kier alpha value is -0.870. The van der Waals surface area contributed by atoms with Gasteiger partial charge in [0.1, 0.15) is 6.17 Å². The topological polar surface area (TPSA) is 32.3 Å². The molecule has 3 nitrogen and oxygen atoms in total. The van der Waals surface area contributed by atoms with Crippen LogP contribution in [0.3, 0.4) is 0 Å². The Morgan fingerprint density at radius 2 is 2.05 bits per heavy atom. The first-order valence-corrected chi connectivity index (χ1v) is 8.90. The summed E-state index contributed by atoms with van der Waals surface area (Å²) in [7, 11) is 0. The molecule has 0 spiro atoms. The maximum atomic E-state index is 12.8. The molecule has 1 aromatic rings. The molecule has 1 aromatic heterocycles. The molecule has 1 amide bonds. The Kier molecular flexibility index (Phi) is 5.44. The van der Waals surface area contributed by atoms with E-state index in [9.17, 15) is 4.79 Å². The summed E-state index contributed by atoms with van der Waals surface area (Å²) in [5, 5.41) is 3.56. The van der Waals surface area contributed by atoms with Crippen LogP contribution in [0.2, 0.25) is 0 Å². The van der Waals surface area contributed by atoms with Crippen LogP contribution < -0.4 is 5.32 Å². The van der Waals surface area contributed by atoms with Gasteiger partial charge < -0.3 is 4.90 Å². The molecule has 1 saturated heterocycles. The van der Waals surface area contributed by atoms with Crippen molar-refractivity contribution in [1.82, 2.24) is 10.2 Å². The van der Waals surface area contributed by atoms with Crippen molar-refractivity contribution in [2.45, 2.75) is 72.1 Å². The second kappa shape index (κ2) is 6.93. The van der Waals surface area contributed by atoms with Gasteiger partial charge in [-0.1, -0.05) is 27.2 Å². The molecule has 4 heteroatoms. The van der Waals surface area contributed by atoms with Crippen molar-refractivity contribution in [3.63, 3.8) is 0 Å². The Bertz CT molecular complexity index is 483. The van der Waals surface area contributed by atoms with Crippen LogP contribution in [0.1, 0.15) is 62.9 Å². The van der Waals surface area contributed by atoms with Crippen LogP contribution in [0.15, 0.2) is 12.1 Å². The van der Waals surface area contributed by atoms with Crippen molar-refractivity contribution >= 4 is 17.2 Å². The predicted octanol–water partition coefficient (Wildman–Crippen LogP) is 4.09. The van der Waals surface area contributed by atoms with E-state index in [1.807, 2.05) is 0 Å². The number of rotatable bonds is 6. The van der Waals surface area contributed by atoms with Crippen molar-refractivity contribution in [2.75, 3.05) is 0 Å². The summed E-state index contributed by atoms with van der Waals surface area (Å²) < 4.78 is 0. The van der Waals surface area contributed by atoms with Gasteiger partial charge in [0.2, 0.25) is 5.91 Å². The third-order valence-corrected chi connectivity index (χ3v) is 5.14. The number of carbonyl (C=O) groups is 1. The molecule has 21 heavy (non-hydrogen) atoms. The van der Waals surface area contributed by atoms with Gasteiger partial charge in [0.05, 0.1) is 6.04 Å². The van der Waals surface area contributed by atoms with Crippen molar-refractivity contribution in [1.29, 1.82) is 0 Å². The lowest BCUT2D eigenvalue weighted by Crippen LogP contribution is -2.39. The van der Waals surface area contributed by atoms with Gasteiger partial charge in [0.15, 0.2) is 0 Å². The van der Waals surface area contributed by atoms with E-state index >= 15 is 0 Å². The first-order chi connectivity index (χ1) is 9.93. The highest BCUT2D eigenvalue weighted by Gasteiger charge is 2.41. The molecule has 0 bridgehead atoms. The van der Waals surface area contributed by atoms with Crippen molar-refractivity contribution in [3.8, 4) is 0 Å². The van der Waals surface area contributed by atoms with Crippen LogP contribution in [0.25, 0.3) is 0 Å². The van der Waals surface area contributed by atoms with Crippen LogP contribution in [-0.2, 0) is 4.79 Å². The number of thiophene rings is 1. The molecule has 118 valence electrons. The molecule has 0 saturated carbocycles. The smallest absolute Gasteiger partial charge is 0.241 e. The largest absolute Gasteiger partial charge is 0.318 e. The van der Waals surface area contributed by atoms with E-state index in [2.05, 4.69) is 57.0 Å². The average Bonchev–Trinajstić information content (AvgIpc) is 2.94. The van der Waals surface area contributed by atoms with E-state index in [1.165, 1.54) is 9.75 Å². The third kappa shape index (κ3) is 3.67. The molecule has 3 unspecified atom stereocenters. The Balaban J connectivity index is 2.24. The minimum absolute atomic E-state index is 0.0166. The zero-order chi connectivity index (χ0) is 15.6. The van der Waals surface area contributed by atoms with Gasteiger partial charge in [-0.2, -0.15) is 0 Å². The second-order valence-electron chi connectivity index (χ2n) is 6.58. The molecule has 0 aliphatic carbocycles. The normalized spacial score (nSPS) is 24.1. The number of nitrogens with zero attached hydrogens (tertiary/aromatic N) is 1. The van der Waals surface area contributed by atoms with Gasteiger partial charge in [0, 0.05) is 15.8 Å². The Morgan fingerprint density at radius 3 is 2.57 bits per heavy atom. The van der Waals surface area contributed by atoms with E-state index < -0.39 is 0 Å². The average molecular weight is 308 g/mol. The number of hydrogen-bond donors (Lipinski definition) is 1. The van der Waals surface area contributed by atoms with Crippen LogP contribution in [0, 0.1) is 12.8 Å². The summed E-state index contributed by atoms with van der Waals surface area (Å²) >= 11 is 1.79. The van der Waals surface area contributed by atoms with Crippen LogP contribution in [0.4, 0.5) is 0 Å². The van der Waals surface area contributed by atoms with Crippen molar-refractivity contribution in [3.05, 3.63) is 21.9 Å². The summed E-state index contributed by atoms with van der Waals surface area (Å²) in [5.74, 6) is 0.879. The van der Waals surface area contributed by atoms with Crippen LogP contribution in [0.5, 0.6) is 0 Å². The van der Waals surface area contributed by atoms with Gasteiger partial charge in [0.25, 0.3) is 0 Å². The predicted molar refractivity (Wildman–Crippen MR) is 89.4 cm³/mol. The zero-order valence-corrected chi connectivity index (χ0v) is 14.7. The van der Waals surface area contributed by atoms with E-state index in [1.54, 1.807) is 11.3 Å². The molecule has 2 heterocycles. The molecular weight excluding hydrogens is 280 g/mol. The highest BCUT2D eigenvalue weighted by molar-refractivity contribution is 7.12. The number of hydrogen-bond acceptors (Lipinski definition) is 3. The molecule has 2 rings (SSSR count). The SMILES string of the molecule is CCCC1NC(c2ccc(C)s2)N(C(C)CC(C)C)C1=O. The lowest BCUT2D eigenvalue weighted by Gasteiger charge is -2.31. The molecule has 3 atom stereocenters. The number of aryl methyl sites for hydroxylation is 1. The van der Waals surface area contributed by atoms with E-state index in [-0.39, 0.29) is 24.2 Å². The van der Waals surface area contributed by atoms with E-state index in [0.717, 1.165) is 19.3 Å². The fourth-order valence-electron chi connectivity index (χ4n) is 3.23. The number of amides is 1. The quantitative estimate of drug-likeness (QED) is 0.858. The van der Waals surface area contributed by atoms with E-state index in [0.29, 0.717) is 5.92 Å². The van der Waals surface area contributed by atoms with Gasteiger partial charge in [-0.25, -0.2) is 0 Å². The lowest BCUT2D eigenvalue weighted by atomic mass is 10.0. The maximum Gasteiger partial charge on any atom is 0.241 e. The fraction of sp³-hybridized carbons (Fsp3) is 0.706. The van der Waals surface area contributed by atoms with Gasteiger partial charge in [-0.05, 0) is 44.7 Å². The Labute approximate surface area is 132 Å². The van der Waals surface area contributed by atoms with Crippen LogP contribution >= 0.6 is 11.3 Å². The third-order valence-electron chi connectivity index (χ3n) is 4.09. The highest BCUT2D eigenvalue weighted by Crippen LogP contribution is 2.34. The summed E-state index contributed by atoms with van der Waals surface area (Å²) in [6.45, 7) is 10.9. The molecule has 1 N–H and O–H groups in total. The summed E-state index contributed by atoms with van der Waals surface area (Å²) in [6, 6.07) is 4.56. The summed E-state index contributed by atoms with van der Waals surface area (Å²) in [4.78, 5) is 17.4. The zero-order valence-electron chi connectivity index (χ0n) is 13.8. The minimum Gasteiger partial charge on any atom is -0.318 e. The van der Waals surface area contributed by atoms with Gasteiger partial charge in [-0.3, -0.25) is 10.1 Å². The molecule has 0 radical (unpaired) electrons. The molecule has 0 aromatic carbocycles. The monoisotopic (exact) mass is 308 g/mol. The molecule has 1 aliphatic rings.